The summed E-state index contributed by atoms with van der Waals surface area (Å²) in [6.45, 7) is 4.27. The predicted octanol–water partition coefficient (Wildman–Crippen LogP) is 4.00. The highest BCUT2D eigenvalue weighted by atomic mass is 16.2. The van der Waals surface area contributed by atoms with Crippen molar-refractivity contribution >= 4 is 17.1 Å². The number of aromatic nitrogens is 2. The fraction of sp³-hybridized carbons (Fsp3) is 0.364. The minimum absolute atomic E-state index is 0.0305. The number of urea groups is 1. The molecule has 2 N–H and O–H groups in total. The molecule has 4 rings (SSSR count). The monoisotopic (exact) mass is 362 g/mol. The third-order valence-corrected chi connectivity index (χ3v) is 5.38. The Morgan fingerprint density at radius 2 is 2.07 bits per heavy atom. The number of imidazole rings is 1. The molecule has 0 aliphatic carbocycles. The molecule has 0 spiro atoms. The summed E-state index contributed by atoms with van der Waals surface area (Å²) in [6, 6.07) is 16.7. The molecule has 0 bridgehead atoms. The summed E-state index contributed by atoms with van der Waals surface area (Å²) in [4.78, 5) is 22.5. The third-order valence-electron chi connectivity index (χ3n) is 5.38. The molecule has 3 aromatic rings. The Bertz CT molecular complexity index is 918. The molecule has 2 aromatic carbocycles. The van der Waals surface area contributed by atoms with Crippen LogP contribution >= 0.6 is 0 Å². The van der Waals surface area contributed by atoms with E-state index < -0.39 is 0 Å². The Morgan fingerprint density at radius 1 is 1.22 bits per heavy atom. The van der Waals surface area contributed by atoms with E-state index in [4.69, 9.17) is 0 Å². The number of carbonyl (C=O) groups excluding carboxylic acids is 1. The van der Waals surface area contributed by atoms with Gasteiger partial charge in [-0.1, -0.05) is 42.5 Å². The quantitative estimate of drug-likeness (QED) is 0.737. The van der Waals surface area contributed by atoms with E-state index in [2.05, 4.69) is 52.5 Å². The zero-order valence-electron chi connectivity index (χ0n) is 15.7. The molecule has 1 atom stereocenters. The molecule has 5 nitrogen and oxygen atoms in total. The first-order chi connectivity index (χ1) is 13.2. The van der Waals surface area contributed by atoms with Gasteiger partial charge in [0.15, 0.2) is 0 Å². The topological polar surface area (TPSA) is 61.0 Å². The van der Waals surface area contributed by atoms with Gasteiger partial charge in [0.1, 0.15) is 5.82 Å². The smallest absolute Gasteiger partial charge is 0.317 e. The second-order valence-electron chi connectivity index (χ2n) is 7.33. The lowest BCUT2D eigenvalue weighted by molar-refractivity contribution is 0.179. The van der Waals surface area contributed by atoms with E-state index in [0.717, 1.165) is 42.8 Å². The summed E-state index contributed by atoms with van der Waals surface area (Å²) >= 11 is 0. The first-order valence-corrected chi connectivity index (χ1v) is 9.72. The zero-order chi connectivity index (χ0) is 18.6. The Balaban J connectivity index is 1.31. The Morgan fingerprint density at radius 3 is 2.89 bits per heavy atom. The lowest BCUT2D eigenvalue weighted by atomic mass is 9.91. The van der Waals surface area contributed by atoms with E-state index >= 15 is 0 Å². The van der Waals surface area contributed by atoms with Crippen LogP contribution in [0.1, 0.15) is 35.7 Å². The van der Waals surface area contributed by atoms with Gasteiger partial charge < -0.3 is 15.2 Å². The van der Waals surface area contributed by atoms with Gasteiger partial charge in [0.2, 0.25) is 0 Å². The molecule has 1 aliphatic rings. The molecule has 0 saturated carbocycles. The van der Waals surface area contributed by atoms with Crippen LogP contribution < -0.4 is 5.32 Å². The molecule has 27 heavy (non-hydrogen) atoms. The van der Waals surface area contributed by atoms with Crippen LogP contribution in [0.4, 0.5) is 4.79 Å². The van der Waals surface area contributed by atoms with Crippen molar-refractivity contribution in [3.63, 3.8) is 0 Å². The number of benzene rings is 2. The van der Waals surface area contributed by atoms with E-state index in [0.29, 0.717) is 18.9 Å². The van der Waals surface area contributed by atoms with E-state index in [9.17, 15) is 4.79 Å². The first-order valence-electron chi connectivity index (χ1n) is 9.72. The lowest BCUT2D eigenvalue weighted by Crippen LogP contribution is -2.45. The number of rotatable bonds is 4. The standard InChI is InChI=1S/C22H26N4O/c1-16-7-5-11-19-21(16)25-20(24-19)12-13-23-22(27)26-14-6-10-18(15-26)17-8-3-2-4-9-17/h2-5,7-9,11,18H,6,10,12-15H2,1H3,(H,23,27)(H,24,25)/t18-/m1/s1. The molecule has 0 unspecified atom stereocenters. The van der Waals surface area contributed by atoms with Crippen LogP contribution in [-0.4, -0.2) is 40.5 Å². The number of aryl methyl sites for hydroxylation is 1. The van der Waals surface area contributed by atoms with Crippen molar-refractivity contribution in [2.24, 2.45) is 0 Å². The average molecular weight is 362 g/mol. The number of H-pyrrole nitrogens is 1. The number of aromatic amines is 1. The van der Waals surface area contributed by atoms with Crippen molar-refractivity contribution in [2.75, 3.05) is 19.6 Å². The van der Waals surface area contributed by atoms with Crippen molar-refractivity contribution in [3.8, 4) is 0 Å². The van der Waals surface area contributed by atoms with Gasteiger partial charge >= 0.3 is 6.03 Å². The average Bonchev–Trinajstić information content (AvgIpc) is 3.13. The number of hydrogen-bond donors (Lipinski definition) is 2. The van der Waals surface area contributed by atoms with Gasteiger partial charge in [0.25, 0.3) is 0 Å². The van der Waals surface area contributed by atoms with Crippen LogP contribution in [0.25, 0.3) is 11.0 Å². The fourth-order valence-electron chi connectivity index (χ4n) is 3.90. The van der Waals surface area contributed by atoms with Gasteiger partial charge in [-0.25, -0.2) is 9.78 Å². The highest BCUT2D eigenvalue weighted by Crippen LogP contribution is 2.26. The van der Waals surface area contributed by atoms with E-state index in [1.807, 2.05) is 23.1 Å². The molecule has 1 aliphatic heterocycles. The highest BCUT2D eigenvalue weighted by molar-refractivity contribution is 5.78. The molecular weight excluding hydrogens is 336 g/mol. The minimum atomic E-state index is 0.0305. The highest BCUT2D eigenvalue weighted by Gasteiger charge is 2.24. The van der Waals surface area contributed by atoms with Gasteiger partial charge in [-0.15, -0.1) is 0 Å². The number of piperidine rings is 1. The van der Waals surface area contributed by atoms with Crippen molar-refractivity contribution < 1.29 is 4.79 Å². The maximum Gasteiger partial charge on any atom is 0.317 e. The largest absolute Gasteiger partial charge is 0.342 e. The predicted molar refractivity (Wildman–Crippen MR) is 108 cm³/mol. The van der Waals surface area contributed by atoms with Crippen LogP contribution in [0.5, 0.6) is 0 Å². The molecule has 2 amide bonds. The maximum absolute atomic E-state index is 12.6. The van der Waals surface area contributed by atoms with E-state index in [-0.39, 0.29) is 6.03 Å². The molecular formula is C22H26N4O. The number of hydrogen-bond acceptors (Lipinski definition) is 2. The number of para-hydroxylation sites is 1. The second-order valence-corrected chi connectivity index (χ2v) is 7.33. The van der Waals surface area contributed by atoms with Gasteiger partial charge in [-0.05, 0) is 37.0 Å². The number of nitrogens with zero attached hydrogens (tertiary/aromatic N) is 2. The van der Waals surface area contributed by atoms with Gasteiger partial charge in [-0.2, -0.15) is 0 Å². The molecule has 5 heteroatoms. The van der Waals surface area contributed by atoms with Gasteiger partial charge in [0.05, 0.1) is 11.0 Å². The molecule has 2 heterocycles. The molecule has 1 saturated heterocycles. The summed E-state index contributed by atoms with van der Waals surface area (Å²) in [5.41, 5.74) is 4.56. The molecule has 1 fully saturated rings. The first kappa shape index (κ1) is 17.6. The Kier molecular flexibility index (Phi) is 5.10. The molecule has 140 valence electrons. The number of carbonyl (C=O) groups is 1. The lowest BCUT2D eigenvalue weighted by Gasteiger charge is -2.33. The van der Waals surface area contributed by atoms with Crippen LogP contribution in [-0.2, 0) is 6.42 Å². The van der Waals surface area contributed by atoms with Gasteiger partial charge in [0, 0.05) is 32.0 Å². The van der Waals surface area contributed by atoms with Crippen LogP contribution in [0.3, 0.4) is 0 Å². The Labute approximate surface area is 159 Å². The van der Waals surface area contributed by atoms with Crippen LogP contribution in [0, 0.1) is 6.92 Å². The van der Waals surface area contributed by atoms with Crippen molar-refractivity contribution in [1.82, 2.24) is 20.2 Å². The summed E-state index contributed by atoms with van der Waals surface area (Å²) in [6.07, 6.45) is 2.90. The maximum atomic E-state index is 12.6. The fourth-order valence-corrected chi connectivity index (χ4v) is 3.90. The SMILES string of the molecule is Cc1cccc2[nH]c(CCNC(=O)N3CCC[C@@H](c4ccccc4)C3)nc12. The summed E-state index contributed by atoms with van der Waals surface area (Å²) < 4.78 is 0. The molecule has 0 radical (unpaired) electrons. The second kappa shape index (κ2) is 7.82. The van der Waals surface area contributed by atoms with E-state index in [1.165, 1.54) is 11.1 Å². The van der Waals surface area contributed by atoms with Crippen LogP contribution in [0.15, 0.2) is 48.5 Å². The summed E-state index contributed by atoms with van der Waals surface area (Å²) in [7, 11) is 0. The number of fused-ring (bicyclic) bond motifs is 1. The Hall–Kier alpha value is -2.82. The zero-order valence-corrected chi connectivity index (χ0v) is 15.7. The van der Waals surface area contributed by atoms with E-state index in [1.54, 1.807) is 0 Å². The summed E-state index contributed by atoms with van der Waals surface area (Å²) in [5, 5.41) is 3.06. The molecule has 1 aromatic heterocycles. The van der Waals surface area contributed by atoms with Crippen molar-refractivity contribution in [3.05, 3.63) is 65.5 Å². The van der Waals surface area contributed by atoms with Crippen LogP contribution in [0.2, 0.25) is 0 Å². The minimum Gasteiger partial charge on any atom is -0.342 e. The number of amides is 2. The number of nitrogens with one attached hydrogen (secondary N) is 2. The van der Waals surface area contributed by atoms with Crippen molar-refractivity contribution in [1.29, 1.82) is 0 Å². The normalized spacial score (nSPS) is 17.2. The number of likely N-dealkylation sites (tertiary alicyclic amines) is 1. The third kappa shape index (κ3) is 3.97. The van der Waals surface area contributed by atoms with Crippen molar-refractivity contribution in [2.45, 2.75) is 32.1 Å². The summed E-state index contributed by atoms with van der Waals surface area (Å²) in [5.74, 6) is 1.35. The van der Waals surface area contributed by atoms with Gasteiger partial charge in [-0.3, -0.25) is 0 Å².